The van der Waals surface area contributed by atoms with Crippen LogP contribution in [0, 0.1) is 0 Å². The van der Waals surface area contributed by atoms with Crippen LogP contribution in [-0.2, 0) is 9.47 Å². The molecule has 0 N–H and O–H groups in total. The Bertz CT molecular complexity index is 343. The van der Waals surface area contributed by atoms with Crippen molar-refractivity contribution in [1.82, 2.24) is 0 Å². The van der Waals surface area contributed by atoms with E-state index in [0.717, 1.165) is 18.1 Å². The fourth-order valence-electron chi connectivity index (χ4n) is 1.43. The third-order valence-corrected chi connectivity index (χ3v) is 2.47. The van der Waals surface area contributed by atoms with Gasteiger partial charge in [-0.25, -0.2) is 0 Å². The maximum absolute atomic E-state index is 5.54. The van der Waals surface area contributed by atoms with Gasteiger partial charge in [0.2, 0.25) is 0 Å². The van der Waals surface area contributed by atoms with Gasteiger partial charge in [-0.15, -0.1) is 0 Å². The van der Waals surface area contributed by atoms with E-state index >= 15 is 0 Å². The maximum atomic E-state index is 5.54. The van der Waals surface area contributed by atoms with Crippen LogP contribution in [0.15, 0.2) is 24.3 Å². The van der Waals surface area contributed by atoms with E-state index in [0.29, 0.717) is 19.8 Å². The van der Waals surface area contributed by atoms with Gasteiger partial charge in [0.05, 0.1) is 19.3 Å². The lowest BCUT2D eigenvalue weighted by Gasteiger charge is -2.10. The molecule has 18 heavy (non-hydrogen) atoms. The highest BCUT2D eigenvalue weighted by Gasteiger charge is 2.22. The quantitative estimate of drug-likeness (QED) is 0.525. The van der Waals surface area contributed by atoms with Crippen molar-refractivity contribution < 1.29 is 18.9 Å². The molecule has 1 aromatic carbocycles. The molecule has 1 aliphatic rings. The largest absolute Gasteiger partial charge is 0.491 e. The third kappa shape index (κ3) is 4.94. The van der Waals surface area contributed by atoms with Crippen molar-refractivity contribution in [3.8, 4) is 11.5 Å². The molecule has 100 valence electrons. The SMILES string of the molecule is CC(C)OCCOc1ccc(OCC2CO2)cc1. The Kier molecular flexibility index (Phi) is 4.84. The van der Waals surface area contributed by atoms with Crippen molar-refractivity contribution in [3.05, 3.63) is 24.3 Å². The minimum absolute atomic E-state index is 0.244. The molecule has 1 saturated heterocycles. The molecule has 1 atom stereocenters. The van der Waals surface area contributed by atoms with Gasteiger partial charge in [0.15, 0.2) is 0 Å². The van der Waals surface area contributed by atoms with E-state index in [1.54, 1.807) is 0 Å². The fourth-order valence-corrected chi connectivity index (χ4v) is 1.43. The molecule has 1 aliphatic heterocycles. The third-order valence-electron chi connectivity index (χ3n) is 2.47. The maximum Gasteiger partial charge on any atom is 0.119 e. The van der Waals surface area contributed by atoms with Crippen molar-refractivity contribution in [1.29, 1.82) is 0 Å². The van der Waals surface area contributed by atoms with E-state index in [9.17, 15) is 0 Å². The van der Waals surface area contributed by atoms with Crippen LogP contribution in [0.2, 0.25) is 0 Å². The van der Waals surface area contributed by atoms with Crippen molar-refractivity contribution in [3.63, 3.8) is 0 Å². The number of ether oxygens (including phenoxy) is 4. The van der Waals surface area contributed by atoms with Gasteiger partial charge in [-0.3, -0.25) is 0 Å². The van der Waals surface area contributed by atoms with Crippen LogP contribution in [-0.4, -0.2) is 38.6 Å². The molecule has 4 heteroatoms. The Hall–Kier alpha value is -1.26. The molecule has 0 radical (unpaired) electrons. The van der Waals surface area contributed by atoms with Crippen molar-refractivity contribution in [2.75, 3.05) is 26.4 Å². The molecule has 1 fully saturated rings. The van der Waals surface area contributed by atoms with Crippen LogP contribution in [0.5, 0.6) is 11.5 Å². The minimum Gasteiger partial charge on any atom is -0.491 e. The highest BCUT2D eigenvalue weighted by Crippen LogP contribution is 2.19. The molecule has 0 spiro atoms. The molecule has 2 rings (SSSR count). The Morgan fingerprint density at radius 2 is 1.72 bits per heavy atom. The molecule has 0 amide bonds. The molecule has 1 heterocycles. The van der Waals surface area contributed by atoms with E-state index in [1.807, 2.05) is 38.1 Å². The first kappa shape index (κ1) is 13.2. The smallest absolute Gasteiger partial charge is 0.119 e. The topological polar surface area (TPSA) is 40.2 Å². The van der Waals surface area contributed by atoms with E-state index in [2.05, 4.69) is 0 Å². The zero-order valence-corrected chi connectivity index (χ0v) is 10.9. The van der Waals surface area contributed by atoms with Crippen LogP contribution in [0.1, 0.15) is 13.8 Å². The molecule has 0 bridgehead atoms. The lowest BCUT2D eigenvalue weighted by Crippen LogP contribution is -2.11. The molecule has 0 aliphatic carbocycles. The van der Waals surface area contributed by atoms with E-state index < -0.39 is 0 Å². The van der Waals surface area contributed by atoms with Gasteiger partial charge in [0, 0.05) is 0 Å². The zero-order valence-electron chi connectivity index (χ0n) is 10.9. The first-order chi connectivity index (χ1) is 8.74. The summed E-state index contributed by atoms with van der Waals surface area (Å²) in [6.45, 7) is 6.63. The van der Waals surface area contributed by atoms with Crippen molar-refractivity contribution in [2.24, 2.45) is 0 Å². The van der Waals surface area contributed by atoms with Crippen molar-refractivity contribution in [2.45, 2.75) is 26.1 Å². The van der Waals surface area contributed by atoms with E-state index in [4.69, 9.17) is 18.9 Å². The van der Waals surface area contributed by atoms with Crippen LogP contribution in [0.25, 0.3) is 0 Å². The summed E-state index contributed by atoms with van der Waals surface area (Å²) < 4.78 is 21.6. The molecule has 1 unspecified atom stereocenters. The zero-order chi connectivity index (χ0) is 12.8. The van der Waals surface area contributed by atoms with Gasteiger partial charge in [0.25, 0.3) is 0 Å². The molecule has 0 aromatic heterocycles. The van der Waals surface area contributed by atoms with Gasteiger partial charge in [-0.1, -0.05) is 0 Å². The van der Waals surface area contributed by atoms with E-state index in [1.165, 1.54) is 0 Å². The first-order valence-corrected chi connectivity index (χ1v) is 6.33. The normalized spacial score (nSPS) is 17.8. The number of rotatable bonds is 8. The predicted octanol–water partition coefficient (Wildman–Crippen LogP) is 2.27. The summed E-state index contributed by atoms with van der Waals surface area (Å²) in [6.07, 6.45) is 0.531. The highest BCUT2D eigenvalue weighted by molar-refractivity contribution is 5.31. The number of hydrogen-bond acceptors (Lipinski definition) is 4. The second kappa shape index (κ2) is 6.61. The first-order valence-electron chi connectivity index (χ1n) is 6.33. The Morgan fingerprint density at radius 3 is 2.28 bits per heavy atom. The second-order valence-corrected chi connectivity index (χ2v) is 4.51. The number of epoxide rings is 1. The summed E-state index contributed by atoms with van der Waals surface area (Å²) in [7, 11) is 0. The standard InChI is InChI=1S/C14H20O4/c1-11(2)15-7-8-16-12-3-5-13(6-4-12)17-9-14-10-18-14/h3-6,11,14H,7-10H2,1-2H3. The summed E-state index contributed by atoms with van der Waals surface area (Å²) in [5.41, 5.74) is 0. The lowest BCUT2D eigenvalue weighted by atomic mass is 10.3. The van der Waals surface area contributed by atoms with Gasteiger partial charge >= 0.3 is 0 Å². The summed E-state index contributed by atoms with van der Waals surface area (Å²) in [4.78, 5) is 0. The summed E-state index contributed by atoms with van der Waals surface area (Å²) in [5.74, 6) is 1.67. The van der Waals surface area contributed by atoms with Crippen LogP contribution in [0.3, 0.4) is 0 Å². The molecule has 0 saturated carbocycles. The molecular weight excluding hydrogens is 232 g/mol. The van der Waals surface area contributed by atoms with Crippen LogP contribution >= 0.6 is 0 Å². The molecule has 4 nitrogen and oxygen atoms in total. The summed E-state index contributed by atoms with van der Waals surface area (Å²) in [5, 5.41) is 0. The highest BCUT2D eigenvalue weighted by atomic mass is 16.6. The average molecular weight is 252 g/mol. The Balaban J connectivity index is 1.66. The molecular formula is C14H20O4. The monoisotopic (exact) mass is 252 g/mol. The van der Waals surface area contributed by atoms with E-state index in [-0.39, 0.29) is 12.2 Å². The van der Waals surface area contributed by atoms with Crippen molar-refractivity contribution >= 4 is 0 Å². The molecule has 1 aromatic rings. The number of benzene rings is 1. The Morgan fingerprint density at radius 1 is 1.11 bits per heavy atom. The fraction of sp³-hybridized carbons (Fsp3) is 0.571. The van der Waals surface area contributed by atoms with Crippen LogP contribution in [0.4, 0.5) is 0 Å². The van der Waals surface area contributed by atoms with Crippen LogP contribution < -0.4 is 9.47 Å². The predicted molar refractivity (Wildman–Crippen MR) is 68.3 cm³/mol. The number of hydrogen-bond donors (Lipinski definition) is 0. The lowest BCUT2D eigenvalue weighted by molar-refractivity contribution is 0.0552. The average Bonchev–Trinajstić information content (AvgIpc) is 3.17. The van der Waals surface area contributed by atoms with Gasteiger partial charge in [-0.2, -0.15) is 0 Å². The second-order valence-electron chi connectivity index (χ2n) is 4.51. The van der Waals surface area contributed by atoms with Gasteiger partial charge in [-0.05, 0) is 38.1 Å². The summed E-state index contributed by atoms with van der Waals surface area (Å²) >= 11 is 0. The summed E-state index contributed by atoms with van der Waals surface area (Å²) in [6, 6.07) is 7.61. The van der Waals surface area contributed by atoms with Gasteiger partial charge < -0.3 is 18.9 Å². The Labute approximate surface area is 108 Å². The minimum atomic E-state index is 0.244. The van der Waals surface area contributed by atoms with Gasteiger partial charge in [0.1, 0.15) is 30.8 Å².